The molecule has 4 aromatic rings. The molecule has 1 heterocycles. The molecule has 0 aliphatic rings. The highest BCUT2D eigenvalue weighted by atomic mass is 32.2. The molecule has 1 atom stereocenters. The number of aryl methyl sites for hydroxylation is 3. The summed E-state index contributed by atoms with van der Waals surface area (Å²) in [6.45, 7) is 6.50. The summed E-state index contributed by atoms with van der Waals surface area (Å²) in [6.07, 6.45) is 0. The average molecular weight is 478 g/mol. The number of para-hydroxylation sites is 2. The molecule has 1 aromatic heterocycles. The molecular formula is C26H31N5O2S. The molecule has 0 saturated carbocycles. The topological polar surface area (TPSA) is 93.3 Å². The van der Waals surface area contributed by atoms with Gasteiger partial charge >= 0.3 is 0 Å². The van der Waals surface area contributed by atoms with E-state index in [9.17, 15) is 9.00 Å². The Morgan fingerprint density at radius 2 is 1.71 bits per heavy atom. The molecule has 0 aliphatic carbocycles. The van der Waals surface area contributed by atoms with Gasteiger partial charge in [-0.05, 0) is 50.1 Å². The predicted octanol–water partition coefficient (Wildman–Crippen LogP) is 3.64. The van der Waals surface area contributed by atoms with Crippen LogP contribution in [0.5, 0.6) is 0 Å². The van der Waals surface area contributed by atoms with Crippen molar-refractivity contribution in [3.05, 3.63) is 95.3 Å². The first-order chi connectivity index (χ1) is 16.3. The van der Waals surface area contributed by atoms with Gasteiger partial charge in [-0.2, -0.15) is 4.41 Å². The quantitative estimate of drug-likeness (QED) is 0.328. The molecule has 7 nitrogen and oxygen atoms in total. The Bertz CT molecular complexity index is 1290. The van der Waals surface area contributed by atoms with Crippen molar-refractivity contribution in [1.82, 2.24) is 19.3 Å². The van der Waals surface area contributed by atoms with E-state index in [1.54, 1.807) is 6.07 Å². The standard InChI is InChI=1S/C19H23N5O2S.C7H8/c1-13-10-15(8-9-18(13)27(26)24(20)12-19(25)21-3)11-23-14(2)22-16-6-4-5-7-17(16)23;1-7-5-3-2-4-6-7/h4-10H,11-12,20H2,1-3H3,(H,21,25);2-6H,1H3. The normalized spacial score (nSPS) is 11.7. The molecule has 0 bridgehead atoms. The second-order valence-corrected chi connectivity index (χ2v) is 9.39. The van der Waals surface area contributed by atoms with Crippen LogP contribution in [0.4, 0.5) is 0 Å². The second kappa shape index (κ2) is 11.7. The zero-order valence-corrected chi connectivity index (χ0v) is 20.8. The fourth-order valence-corrected chi connectivity index (χ4v) is 4.53. The minimum absolute atomic E-state index is 0.134. The molecule has 0 saturated heterocycles. The largest absolute Gasteiger partial charge is 0.358 e. The Kier molecular flexibility index (Phi) is 8.70. The fourth-order valence-electron chi connectivity index (χ4n) is 3.52. The maximum atomic E-state index is 12.6. The predicted molar refractivity (Wildman–Crippen MR) is 137 cm³/mol. The van der Waals surface area contributed by atoms with Crippen LogP contribution in [-0.4, -0.2) is 37.7 Å². The van der Waals surface area contributed by atoms with E-state index in [0.29, 0.717) is 11.4 Å². The van der Waals surface area contributed by atoms with Gasteiger partial charge in [-0.3, -0.25) is 10.6 Å². The van der Waals surface area contributed by atoms with Crippen molar-refractivity contribution in [2.75, 3.05) is 13.6 Å². The number of hydrogen-bond acceptors (Lipinski definition) is 4. The van der Waals surface area contributed by atoms with Gasteiger partial charge in [0.05, 0.1) is 15.9 Å². The van der Waals surface area contributed by atoms with Crippen molar-refractivity contribution in [1.29, 1.82) is 0 Å². The van der Waals surface area contributed by atoms with E-state index in [2.05, 4.69) is 40.0 Å². The van der Waals surface area contributed by atoms with E-state index in [4.69, 9.17) is 5.84 Å². The molecule has 3 N–H and O–H groups in total. The average Bonchev–Trinajstić information content (AvgIpc) is 3.14. The minimum atomic E-state index is -1.60. The number of rotatable bonds is 6. The minimum Gasteiger partial charge on any atom is -0.358 e. The summed E-state index contributed by atoms with van der Waals surface area (Å²) in [7, 11) is -0.0896. The number of hydrogen-bond donors (Lipinski definition) is 2. The number of amides is 1. The van der Waals surface area contributed by atoms with Crippen molar-refractivity contribution in [2.24, 2.45) is 5.84 Å². The number of nitrogens with one attached hydrogen (secondary N) is 1. The Hall–Kier alpha value is -3.33. The van der Waals surface area contributed by atoms with Gasteiger partial charge < -0.3 is 9.88 Å². The van der Waals surface area contributed by atoms with E-state index >= 15 is 0 Å². The van der Waals surface area contributed by atoms with Crippen LogP contribution in [0.3, 0.4) is 0 Å². The lowest BCUT2D eigenvalue weighted by molar-refractivity contribution is -0.120. The molecule has 34 heavy (non-hydrogen) atoms. The number of carbonyl (C=O) groups is 1. The number of carbonyl (C=O) groups excluding carboxylic acids is 1. The van der Waals surface area contributed by atoms with E-state index in [1.165, 1.54) is 12.6 Å². The summed E-state index contributed by atoms with van der Waals surface area (Å²) in [6, 6.07) is 24.0. The zero-order chi connectivity index (χ0) is 24.7. The van der Waals surface area contributed by atoms with Gasteiger partial charge in [0.15, 0.2) is 0 Å². The first kappa shape index (κ1) is 25.3. The van der Waals surface area contributed by atoms with Crippen LogP contribution >= 0.6 is 0 Å². The highest BCUT2D eigenvalue weighted by Gasteiger charge is 2.17. The lowest BCUT2D eigenvalue weighted by Gasteiger charge is -2.16. The number of imidazole rings is 1. The Morgan fingerprint density at radius 1 is 1.03 bits per heavy atom. The van der Waals surface area contributed by atoms with Crippen LogP contribution in [0.15, 0.2) is 77.7 Å². The van der Waals surface area contributed by atoms with Crippen molar-refractivity contribution >= 4 is 27.9 Å². The number of fused-ring (bicyclic) bond motifs is 1. The van der Waals surface area contributed by atoms with Crippen LogP contribution in [0.25, 0.3) is 11.0 Å². The highest BCUT2D eigenvalue weighted by molar-refractivity contribution is 7.82. The Balaban J connectivity index is 0.000000396. The lowest BCUT2D eigenvalue weighted by atomic mass is 10.1. The van der Waals surface area contributed by atoms with Crippen molar-refractivity contribution < 1.29 is 9.00 Å². The third-order valence-corrected chi connectivity index (χ3v) is 6.73. The van der Waals surface area contributed by atoms with Crippen LogP contribution in [0.2, 0.25) is 0 Å². The molecule has 0 radical (unpaired) electrons. The zero-order valence-electron chi connectivity index (χ0n) is 20.0. The molecule has 0 spiro atoms. The first-order valence-corrected chi connectivity index (χ1v) is 12.1. The third kappa shape index (κ3) is 6.38. The van der Waals surface area contributed by atoms with Crippen LogP contribution < -0.4 is 11.2 Å². The summed E-state index contributed by atoms with van der Waals surface area (Å²) in [5.74, 6) is 6.44. The van der Waals surface area contributed by atoms with Gasteiger partial charge in [-0.15, -0.1) is 0 Å². The van der Waals surface area contributed by atoms with Gasteiger partial charge in [-0.25, -0.2) is 9.19 Å². The SMILES string of the molecule is CNC(=O)CN(N)S(=O)c1ccc(Cn2c(C)nc3ccccc32)cc1C.Cc1ccccc1. The van der Waals surface area contributed by atoms with Gasteiger partial charge in [-0.1, -0.05) is 60.2 Å². The lowest BCUT2D eigenvalue weighted by Crippen LogP contribution is -2.41. The van der Waals surface area contributed by atoms with Crippen LogP contribution in [0, 0.1) is 20.8 Å². The number of benzene rings is 3. The second-order valence-electron chi connectivity index (χ2n) is 7.99. The van der Waals surface area contributed by atoms with Crippen molar-refractivity contribution in [3.63, 3.8) is 0 Å². The fraction of sp³-hybridized carbons (Fsp3) is 0.231. The highest BCUT2D eigenvalue weighted by Crippen LogP contribution is 2.20. The molecule has 4 rings (SSSR count). The molecule has 3 aromatic carbocycles. The molecule has 8 heteroatoms. The van der Waals surface area contributed by atoms with Gasteiger partial charge in [0.25, 0.3) is 0 Å². The van der Waals surface area contributed by atoms with Crippen LogP contribution in [0.1, 0.15) is 22.5 Å². The van der Waals surface area contributed by atoms with E-state index in [1.807, 2.05) is 62.4 Å². The summed E-state index contributed by atoms with van der Waals surface area (Å²) in [5.41, 5.74) is 5.31. The number of likely N-dealkylation sites (N-methyl/N-ethyl adjacent to an activating group) is 1. The molecule has 178 valence electrons. The Morgan fingerprint density at radius 3 is 2.32 bits per heavy atom. The number of aromatic nitrogens is 2. The van der Waals surface area contributed by atoms with E-state index in [-0.39, 0.29) is 12.5 Å². The summed E-state index contributed by atoms with van der Waals surface area (Å²) < 4.78 is 15.8. The van der Waals surface area contributed by atoms with E-state index < -0.39 is 11.0 Å². The molecule has 0 fully saturated rings. The van der Waals surface area contributed by atoms with Crippen molar-refractivity contribution in [3.8, 4) is 0 Å². The number of hydrazine groups is 1. The third-order valence-electron chi connectivity index (χ3n) is 5.35. The number of nitrogens with two attached hydrogens (primary N) is 1. The maximum Gasteiger partial charge on any atom is 0.236 e. The smallest absolute Gasteiger partial charge is 0.236 e. The monoisotopic (exact) mass is 477 g/mol. The van der Waals surface area contributed by atoms with Gasteiger partial charge in [0.2, 0.25) is 5.91 Å². The summed E-state index contributed by atoms with van der Waals surface area (Å²) in [4.78, 5) is 16.6. The van der Waals surface area contributed by atoms with Crippen molar-refractivity contribution in [2.45, 2.75) is 32.2 Å². The Labute approximate surface area is 203 Å². The van der Waals surface area contributed by atoms with Gasteiger partial charge in [0, 0.05) is 13.6 Å². The summed E-state index contributed by atoms with van der Waals surface area (Å²) in [5, 5.41) is 2.47. The van der Waals surface area contributed by atoms with Crippen LogP contribution in [-0.2, 0) is 22.3 Å². The molecule has 1 unspecified atom stereocenters. The summed E-state index contributed by atoms with van der Waals surface area (Å²) >= 11 is 0. The molecule has 1 amide bonds. The van der Waals surface area contributed by atoms with E-state index in [0.717, 1.165) is 32.4 Å². The number of nitrogens with zero attached hydrogens (tertiary/aromatic N) is 3. The van der Waals surface area contributed by atoms with Gasteiger partial charge in [0.1, 0.15) is 23.4 Å². The molecular weight excluding hydrogens is 446 g/mol. The first-order valence-electron chi connectivity index (χ1n) is 11.0. The molecule has 0 aliphatic heterocycles. The maximum absolute atomic E-state index is 12.6.